The van der Waals surface area contributed by atoms with Crippen LogP contribution in [0.1, 0.15) is 57.1 Å². The first kappa shape index (κ1) is 13.9. The first-order chi connectivity index (χ1) is 9.18. The molecule has 104 valence electrons. The summed E-state index contributed by atoms with van der Waals surface area (Å²) in [5.41, 5.74) is 7.70. The number of hydrogen-bond acceptors (Lipinski definition) is 2. The van der Waals surface area contributed by atoms with Crippen LogP contribution >= 0.6 is 0 Å². The largest absolute Gasteiger partial charge is 0.398 e. The topological polar surface area (TPSA) is 55.1 Å². The number of hydrogen-bond donors (Lipinski definition) is 2. The fraction of sp³-hybridized carbons (Fsp3) is 0.562. The first-order valence-corrected chi connectivity index (χ1v) is 7.33. The number of nitrogens with one attached hydrogen (secondary N) is 1. The maximum absolute atomic E-state index is 12.3. The highest BCUT2D eigenvalue weighted by atomic mass is 16.1. The van der Waals surface area contributed by atoms with Crippen molar-refractivity contribution in [3.63, 3.8) is 0 Å². The minimum atomic E-state index is -0.0167. The van der Waals surface area contributed by atoms with Gasteiger partial charge in [-0.15, -0.1) is 0 Å². The van der Waals surface area contributed by atoms with Crippen molar-refractivity contribution >= 4 is 11.6 Å². The Morgan fingerprint density at radius 2 is 1.84 bits per heavy atom. The van der Waals surface area contributed by atoms with Crippen LogP contribution in [-0.2, 0) is 4.79 Å². The summed E-state index contributed by atoms with van der Waals surface area (Å²) in [7, 11) is 0. The zero-order chi connectivity index (χ0) is 13.7. The minimum Gasteiger partial charge on any atom is -0.398 e. The van der Waals surface area contributed by atoms with Gasteiger partial charge in [-0.05, 0) is 31.4 Å². The van der Waals surface area contributed by atoms with Crippen LogP contribution in [0.3, 0.4) is 0 Å². The lowest BCUT2D eigenvalue weighted by Crippen LogP contribution is -2.33. The summed E-state index contributed by atoms with van der Waals surface area (Å²) in [5.74, 6) is 0.382. The highest BCUT2D eigenvalue weighted by molar-refractivity contribution is 5.79. The Hall–Kier alpha value is -1.51. The van der Waals surface area contributed by atoms with Gasteiger partial charge in [-0.2, -0.15) is 0 Å². The molecule has 0 aromatic heterocycles. The van der Waals surface area contributed by atoms with E-state index in [0.717, 1.165) is 24.1 Å². The first-order valence-electron chi connectivity index (χ1n) is 7.33. The quantitative estimate of drug-likeness (QED) is 0.646. The molecule has 1 saturated carbocycles. The van der Waals surface area contributed by atoms with Crippen LogP contribution in [0.2, 0.25) is 0 Å². The molecule has 3 nitrogen and oxygen atoms in total. The molecule has 1 aliphatic carbocycles. The number of para-hydroxylation sites is 1. The van der Waals surface area contributed by atoms with Gasteiger partial charge in [-0.1, -0.05) is 43.9 Å². The summed E-state index contributed by atoms with van der Waals surface area (Å²) < 4.78 is 0. The van der Waals surface area contributed by atoms with Crippen molar-refractivity contribution in [2.24, 2.45) is 5.92 Å². The average Bonchev–Trinajstić information content (AvgIpc) is 2.68. The Labute approximate surface area is 115 Å². The van der Waals surface area contributed by atoms with Crippen molar-refractivity contribution in [2.75, 3.05) is 5.73 Å². The number of benzene rings is 1. The highest BCUT2D eigenvalue weighted by Crippen LogP contribution is 2.25. The zero-order valence-electron chi connectivity index (χ0n) is 11.7. The summed E-state index contributed by atoms with van der Waals surface area (Å²) in [4.78, 5) is 12.3. The lowest BCUT2D eigenvalue weighted by atomic mass is 9.98. The Morgan fingerprint density at radius 3 is 2.47 bits per heavy atom. The van der Waals surface area contributed by atoms with Gasteiger partial charge in [0.1, 0.15) is 0 Å². The normalized spacial score (nSPS) is 18.6. The van der Waals surface area contributed by atoms with E-state index >= 15 is 0 Å². The number of carbonyl (C=O) groups excluding carboxylic acids is 1. The second-order valence-corrected chi connectivity index (χ2v) is 5.55. The van der Waals surface area contributed by atoms with E-state index in [1.54, 1.807) is 0 Å². The highest BCUT2D eigenvalue weighted by Gasteiger charge is 2.22. The molecule has 0 bridgehead atoms. The fourth-order valence-electron chi connectivity index (χ4n) is 2.86. The lowest BCUT2D eigenvalue weighted by molar-refractivity contribution is -0.126. The lowest BCUT2D eigenvalue weighted by Gasteiger charge is -2.20. The predicted molar refractivity (Wildman–Crippen MR) is 78.6 cm³/mol. The SMILES string of the molecule is CC(NC(=O)C1CCCCCC1)c1ccccc1N. The molecule has 1 aromatic rings. The van der Waals surface area contributed by atoms with E-state index in [1.807, 2.05) is 31.2 Å². The molecular weight excluding hydrogens is 236 g/mol. The standard InChI is InChI=1S/C16H24N2O/c1-12(14-10-6-7-11-15(14)17)18-16(19)13-8-4-2-3-5-9-13/h6-7,10-13H,2-5,8-9,17H2,1H3,(H,18,19). The van der Waals surface area contributed by atoms with Crippen LogP contribution in [0, 0.1) is 5.92 Å². The molecular formula is C16H24N2O. The number of nitrogen functional groups attached to an aromatic ring is 1. The van der Waals surface area contributed by atoms with Crippen LogP contribution < -0.4 is 11.1 Å². The van der Waals surface area contributed by atoms with E-state index in [2.05, 4.69) is 5.32 Å². The maximum Gasteiger partial charge on any atom is 0.223 e. The third kappa shape index (κ3) is 3.72. The van der Waals surface area contributed by atoms with E-state index in [1.165, 1.54) is 25.7 Å². The molecule has 0 heterocycles. The van der Waals surface area contributed by atoms with Gasteiger partial charge in [0.15, 0.2) is 0 Å². The third-order valence-corrected chi connectivity index (χ3v) is 4.05. The molecule has 0 radical (unpaired) electrons. The van der Waals surface area contributed by atoms with Crippen molar-refractivity contribution < 1.29 is 4.79 Å². The van der Waals surface area contributed by atoms with E-state index in [9.17, 15) is 4.79 Å². The van der Waals surface area contributed by atoms with Gasteiger partial charge in [-0.3, -0.25) is 4.79 Å². The number of carbonyl (C=O) groups is 1. The number of nitrogens with two attached hydrogens (primary N) is 1. The second kappa shape index (κ2) is 6.60. The Bertz CT molecular complexity index is 423. The van der Waals surface area contributed by atoms with Crippen molar-refractivity contribution in [3.05, 3.63) is 29.8 Å². The molecule has 0 spiro atoms. The zero-order valence-corrected chi connectivity index (χ0v) is 11.7. The molecule has 0 saturated heterocycles. The van der Waals surface area contributed by atoms with Crippen molar-refractivity contribution in [3.8, 4) is 0 Å². The third-order valence-electron chi connectivity index (χ3n) is 4.05. The molecule has 1 unspecified atom stereocenters. The summed E-state index contributed by atoms with van der Waals surface area (Å²) in [6.07, 6.45) is 6.96. The molecule has 0 aliphatic heterocycles. The van der Waals surface area contributed by atoms with Gasteiger partial charge in [0.25, 0.3) is 0 Å². The Morgan fingerprint density at radius 1 is 1.21 bits per heavy atom. The van der Waals surface area contributed by atoms with Crippen LogP contribution in [0.4, 0.5) is 5.69 Å². The molecule has 3 heteroatoms. The van der Waals surface area contributed by atoms with Gasteiger partial charge in [-0.25, -0.2) is 0 Å². The minimum absolute atomic E-state index is 0.0167. The molecule has 19 heavy (non-hydrogen) atoms. The monoisotopic (exact) mass is 260 g/mol. The van der Waals surface area contributed by atoms with E-state index in [0.29, 0.717) is 0 Å². The van der Waals surface area contributed by atoms with E-state index in [-0.39, 0.29) is 17.9 Å². The van der Waals surface area contributed by atoms with Gasteiger partial charge in [0.2, 0.25) is 5.91 Å². The van der Waals surface area contributed by atoms with Crippen molar-refractivity contribution in [1.82, 2.24) is 5.32 Å². The molecule has 1 aromatic carbocycles. The summed E-state index contributed by atoms with van der Waals surface area (Å²) in [6, 6.07) is 7.72. The van der Waals surface area contributed by atoms with Crippen LogP contribution in [-0.4, -0.2) is 5.91 Å². The van der Waals surface area contributed by atoms with Crippen LogP contribution in [0.25, 0.3) is 0 Å². The molecule has 1 aliphatic rings. The van der Waals surface area contributed by atoms with E-state index < -0.39 is 0 Å². The van der Waals surface area contributed by atoms with Gasteiger partial charge in [0, 0.05) is 11.6 Å². The summed E-state index contributed by atoms with van der Waals surface area (Å²) >= 11 is 0. The Balaban J connectivity index is 1.96. The van der Waals surface area contributed by atoms with Crippen LogP contribution in [0.5, 0.6) is 0 Å². The van der Waals surface area contributed by atoms with Crippen molar-refractivity contribution in [1.29, 1.82) is 0 Å². The van der Waals surface area contributed by atoms with Crippen LogP contribution in [0.15, 0.2) is 24.3 Å². The number of anilines is 1. The predicted octanol–water partition coefficient (Wildman–Crippen LogP) is 3.42. The summed E-state index contributed by atoms with van der Waals surface area (Å²) in [6.45, 7) is 2.00. The molecule has 1 atom stereocenters. The molecule has 1 fully saturated rings. The molecule has 2 rings (SSSR count). The van der Waals surface area contributed by atoms with Crippen molar-refractivity contribution in [2.45, 2.75) is 51.5 Å². The fourth-order valence-corrected chi connectivity index (χ4v) is 2.86. The van der Waals surface area contributed by atoms with E-state index in [4.69, 9.17) is 5.73 Å². The number of amides is 1. The maximum atomic E-state index is 12.3. The Kier molecular flexibility index (Phi) is 4.83. The second-order valence-electron chi connectivity index (χ2n) is 5.55. The molecule has 3 N–H and O–H groups in total. The smallest absolute Gasteiger partial charge is 0.223 e. The van der Waals surface area contributed by atoms with Gasteiger partial charge < -0.3 is 11.1 Å². The molecule has 1 amide bonds. The van der Waals surface area contributed by atoms with Gasteiger partial charge in [0.05, 0.1) is 6.04 Å². The average molecular weight is 260 g/mol. The number of rotatable bonds is 3. The van der Waals surface area contributed by atoms with Gasteiger partial charge >= 0.3 is 0 Å². The summed E-state index contributed by atoms with van der Waals surface area (Å²) in [5, 5.41) is 3.12.